The van der Waals surface area contributed by atoms with Gasteiger partial charge in [-0.2, -0.15) is 0 Å². The summed E-state index contributed by atoms with van der Waals surface area (Å²) >= 11 is 0. The van der Waals surface area contributed by atoms with Crippen LogP contribution in [0.2, 0.25) is 0 Å². The molecule has 8 heteroatoms. The number of rotatable bonds is 2. The molecule has 2 amide bonds. The van der Waals surface area contributed by atoms with Gasteiger partial charge in [0.2, 0.25) is 0 Å². The zero-order valence-corrected chi connectivity index (χ0v) is 19.5. The molecule has 0 aromatic heterocycles. The van der Waals surface area contributed by atoms with Crippen molar-refractivity contribution in [3.8, 4) is 17.2 Å². The summed E-state index contributed by atoms with van der Waals surface area (Å²) in [5.41, 5.74) is 1.89. The van der Waals surface area contributed by atoms with Crippen molar-refractivity contribution in [2.24, 2.45) is 0 Å². The minimum Gasteiger partial charge on any atom is -0.508 e. The summed E-state index contributed by atoms with van der Waals surface area (Å²) in [7, 11) is 0. The molecule has 0 aliphatic carbocycles. The molecule has 2 aromatic rings. The van der Waals surface area contributed by atoms with Crippen LogP contribution >= 0.6 is 0 Å². The van der Waals surface area contributed by atoms with E-state index in [9.17, 15) is 14.7 Å². The predicted octanol–water partition coefficient (Wildman–Crippen LogP) is 2.20. The van der Waals surface area contributed by atoms with E-state index in [4.69, 9.17) is 9.47 Å². The Morgan fingerprint density at radius 2 is 1.45 bits per heavy atom. The van der Waals surface area contributed by atoms with Crippen molar-refractivity contribution in [3.63, 3.8) is 0 Å². The third kappa shape index (κ3) is 7.39. The first-order valence-corrected chi connectivity index (χ1v) is 11.1. The molecule has 0 fully saturated rings. The molecule has 1 aliphatic rings. The lowest BCUT2D eigenvalue weighted by Gasteiger charge is -2.25. The zero-order chi connectivity index (χ0) is 23.8. The number of phenols is 1. The van der Waals surface area contributed by atoms with Crippen LogP contribution in [0.15, 0.2) is 42.5 Å². The second-order valence-electron chi connectivity index (χ2n) is 9.09. The minimum absolute atomic E-state index is 0.0426. The van der Waals surface area contributed by atoms with Gasteiger partial charge in [-0.25, -0.2) is 0 Å². The summed E-state index contributed by atoms with van der Waals surface area (Å²) in [6.07, 6.45) is 0. The standard InChI is InChI=1S/C25H33N3O5/c1-25(2,3)19-8-9-20(29)18(14-19)15-28-12-10-26-23(30)16-32-21-6-4-5-7-22(21)33-17-24(31)27-11-13-28/h4-9,14,29H,10-13,15-17H2,1-3H3,(H,26,30)(H,27,31). The van der Waals surface area contributed by atoms with Gasteiger partial charge in [-0.15, -0.1) is 0 Å². The molecule has 0 bridgehead atoms. The van der Waals surface area contributed by atoms with E-state index >= 15 is 0 Å². The molecule has 0 saturated heterocycles. The van der Waals surface area contributed by atoms with Crippen LogP contribution in [0.3, 0.4) is 0 Å². The molecule has 178 valence electrons. The highest BCUT2D eigenvalue weighted by molar-refractivity contribution is 5.78. The van der Waals surface area contributed by atoms with Crippen molar-refractivity contribution < 1.29 is 24.2 Å². The molecule has 0 saturated carbocycles. The van der Waals surface area contributed by atoms with Gasteiger partial charge in [0.25, 0.3) is 11.8 Å². The third-order valence-electron chi connectivity index (χ3n) is 5.41. The number of nitrogens with zero attached hydrogens (tertiary/aromatic N) is 1. The molecule has 0 radical (unpaired) electrons. The van der Waals surface area contributed by atoms with E-state index < -0.39 is 0 Å². The molecule has 0 spiro atoms. The summed E-state index contributed by atoms with van der Waals surface area (Å²) < 4.78 is 11.2. The third-order valence-corrected chi connectivity index (χ3v) is 5.41. The molecule has 8 nitrogen and oxygen atoms in total. The fourth-order valence-electron chi connectivity index (χ4n) is 3.47. The Morgan fingerprint density at radius 1 is 0.909 bits per heavy atom. The molecule has 1 heterocycles. The number of nitrogens with one attached hydrogen (secondary N) is 2. The van der Waals surface area contributed by atoms with Gasteiger partial charge in [0.1, 0.15) is 5.75 Å². The molecule has 2 aromatic carbocycles. The van der Waals surface area contributed by atoms with Crippen LogP contribution in [0.25, 0.3) is 0 Å². The Balaban J connectivity index is 1.70. The van der Waals surface area contributed by atoms with Crippen LogP contribution in [0.4, 0.5) is 0 Å². The second-order valence-corrected chi connectivity index (χ2v) is 9.09. The van der Waals surface area contributed by atoms with Crippen molar-refractivity contribution in [2.75, 3.05) is 39.4 Å². The average molecular weight is 456 g/mol. The molecule has 3 N–H and O–H groups in total. The maximum atomic E-state index is 12.3. The number of benzene rings is 2. The molecule has 1 aliphatic heterocycles. The summed E-state index contributed by atoms with van der Waals surface area (Å²) in [5, 5.41) is 16.1. The Hall–Kier alpha value is -3.26. The predicted molar refractivity (Wildman–Crippen MR) is 126 cm³/mol. The fourth-order valence-corrected chi connectivity index (χ4v) is 3.47. The van der Waals surface area contributed by atoms with E-state index in [-0.39, 0.29) is 36.2 Å². The maximum absolute atomic E-state index is 12.3. The number of fused-ring (bicyclic) bond motifs is 1. The van der Waals surface area contributed by atoms with Gasteiger partial charge >= 0.3 is 0 Å². The first kappa shape index (κ1) is 24.4. The normalized spacial score (nSPS) is 16.8. The Labute approximate surface area is 194 Å². The Kier molecular flexibility index (Phi) is 8.16. The van der Waals surface area contributed by atoms with E-state index in [1.165, 1.54) is 0 Å². The maximum Gasteiger partial charge on any atom is 0.257 e. The summed E-state index contributed by atoms with van der Waals surface area (Å²) in [6.45, 7) is 8.48. The summed E-state index contributed by atoms with van der Waals surface area (Å²) in [5.74, 6) is 0.557. The number of aromatic hydroxyl groups is 1. The lowest BCUT2D eigenvalue weighted by Crippen LogP contribution is -2.40. The number of carbonyl (C=O) groups excluding carboxylic acids is 2. The zero-order valence-electron chi connectivity index (χ0n) is 19.5. The average Bonchev–Trinajstić information content (AvgIpc) is 2.77. The molecule has 0 atom stereocenters. The van der Waals surface area contributed by atoms with Gasteiger partial charge in [-0.1, -0.05) is 45.0 Å². The smallest absolute Gasteiger partial charge is 0.257 e. The molecular formula is C25H33N3O5. The second kappa shape index (κ2) is 11.0. The molecule has 33 heavy (non-hydrogen) atoms. The minimum atomic E-state index is -0.244. The number of hydrogen-bond acceptors (Lipinski definition) is 6. The Bertz CT molecular complexity index is 926. The fraction of sp³-hybridized carbons (Fsp3) is 0.440. The molecular weight excluding hydrogens is 422 g/mol. The van der Waals surface area contributed by atoms with Crippen molar-refractivity contribution in [3.05, 3.63) is 53.6 Å². The van der Waals surface area contributed by atoms with Crippen molar-refractivity contribution in [1.29, 1.82) is 0 Å². The number of para-hydroxylation sites is 2. The van der Waals surface area contributed by atoms with Crippen LogP contribution in [0, 0.1) is 0 Å². The van der Waals surface area contributed by atoms with Gasteiger partial charge < -0.3 is 25.2 Å². The van der Waals surface area contributed by atoms with Crippen molar-refractivity contribution in [1.82, 2.24) is 15.5 Å². The van der Waals surface area contributed by atoms with Gasteiger partial charge in [0.05, 0.1) is 0 Å². The van der Waals surface area contributed by atoms with E-state index in [0.29, 0.717) is 44.2 Å². The Morgan fingerprint density at radius 3 is 1.97 bits per heavy atom. The van der Waals surface area contributed by atoms with E-state index in [0.717, 1.165) is 11.1 Å². The quantitative estimate of drug-likeness (QED) is 0.642. The number of amides is 2. The largest absolute Gasteiger partial charge is 0.508 e. The van der Waals surface area contributed by atoms with Gasteiger partial charge in [-0.05, 0) is 29.2 Å². The van der Waals surface area contributed by atoms with E-state index in [1.807, 2.05) is 12.1 Å². The number of ether oxygens (including phenoxy) is 2. The lowest BCUT2D eigenvalue weighted by atomic mass is 9.86. The summed E-state index contributed by atoms with van der Waals surface area (Å²) in [6, 6.07) is 12.6. The van der Waals surface area contributed by atoms with E-state index in [2.05, 4.69) is 36.3 Å². The first-order chi connectivity index (χ1) is 15.7. The topological polar surface area (TPSA) is 100 Å². The number of phenolic OH excluding ortho intramolecular Hbond substituents is 1. The van der Waals surface area contributed by atoms with Crippen molar-refractivity contribution in [2.45, 2.75) is 32.7 Å². The highest BCUT2D eigenvalue weighted by Gasteiger charge is 2.18. The highest BCUT2D eigenvalue weighted by Crippen LogP contribution is 2.28. The van der Waals surface area contributed by atoms with Crippen LogP contribution in [-0.4, -0.2) is 61.2 Å². The van der Waals surface area contributed by atoms with Gasteiger partial charge in [0.15, 0.2) is 24.7 Å². The van der Waals surface area contributed by atoms with Gasteiger partial charge in [0, 0.05) is 38.3 Å². The van der Waals surface area contributed by atoms with Gasteiger partial charge in [-0.3, -0.25) is 14.5 Å². The molecule has 3 rings (SSSR count). The SMILES string of the molecule is CC(C)(C)c1ccc(O)c(CN2CCNC(=O)COc3ccccc3OCC(=O)NCC2)c1. The number of carbonyl (C=O) groups is 2. The van der Waals surface area contributed by atoms with Crippen molar-refractivity contribution >= 4 is 11.8 Å². The lowest BCUT2D eigenvalue weighted by molar-refractivity contribution is -0.124. The van der Waals surface area contributed by atoms with Crippen LogP contribution < -0.4 is 20.1 Å². The first-order valence-electron chi connectivity index (χ1n) is 11.1. The monoisotopic (exact) mass is 455 g/mol. The van der Waals surface area contributed by atoms with Crippen LogP contribution in [0.5, 0.6) is 17.2 Å². The number of hydrogen-bond donors (Lipinski definition) is 3. The summed E-state index contributed by atoms with van der Waals surface area (Å²) in [4.78, 5) is 26.6. The van der Waals surface area contributed by atoms with Crippen LogP contribution in [-0.2, 0) is 21.5 Å². The molecule has 0 unspecified atom stereocenters. The highest BCUT2D eigenvalue weighted by atomic mass is 16.5. The van der Waals surface area contributed by atoms with Crippen LogP contribution in [0.1, 0.15) is 31.9 Å². The van der Waals surface area contributed by atoms with E-state index in [1.54, 1.807) is 30.3 Å².